The Labute approximate surface area is 118 Å². The molecule has 0 bridgehead atoms. The normalized spacial score (nSPS) is 10.8. The highest BCUT2D eigenvalue weighted by Gasteiger charge is 2.26. The summed E-state index contributed by atoms with van der Waals surface area (Å²) in [4.78, 5) is 6.93. The fourth-order valence-corrected chi connectivity index (χ4v) is 1.71. The Hall–Kier alpha value is -1.67. The Morgan fingerprint density at radius 2 is 1.30 bits per heavy atom. The summed E-state index contributed by atoms with van der Waals surface area (Å²) in [5.74, 6) is -10.8. The van der Waals surface area contributed by atoms with Crippen LogP contribution >= 0.6 is 23.2 Å². The van der Waals surface area contributed by atoms with E-state index in [1.807, 2.05) is 5.32 Å². The molecule has 0 amide bonds. The first-order chi connectivity index (χ1) is 9.31. The van der Waals surface area contributed by atoms with Crippen LogP contribution in [0.3, 0.4) is 0 Å². The van der Waals surface area contributed by atoms with Crippen LogP contribution in [-0.2, 0) is 0 Å². The highest BCUT2D eigenvalue weighted by molar-refractivity contribution is 6.32. The maximum Gasteiger partial charge on any atom is 0.225 e. The van der Waals surface area contributed by atoms with Gasteiger partial charge in [-0.25, -0.2) is 31.9 Å². The van der Waals surface area contributed by atoms with Gasteiger partial charge in [-0.1, -0.05) is 11.6 Å². The Kier molecular flexibility index (Phi) is 3.96. The van der Waals surface area contributed by atoms with E-state index < -0.39 is 34.8 Å². The summed E-state index contributed by atoms with van der Waals surface area (Å²) >= 11 is 11.0. The topological polar surface area (TPSA) is 37.8 Å². The van der Waals surface area contributed by atoms with E-state index in [2.05, 4.69) is 9.97 Å². The summed E-state index contributed by atoms with van der Waals surface area (Å²) < 4.78 is 65.6. The molecule has 2 aromatic rings. The summed E-state index contributed by atoms with van der Waals surface area (Å²) in [6, 6.07) is 0.992. The predicted octanol–water partition coefficient (Wildman–Crippen LogP) is 4.22. The number of benzene rings is 1. The van der Waals surface area contributed by atoms with Crippen molar-refractivity contribution in [2.24, 2.45) is 0 Å². The zero-order valence-corrected chi connectivity index (χ0v) is 10.6. The summed E-state index contributed by atoms with van der Waals surface area (Å²) in [6.07, 6.45) is 0. The molecule has 0 saturated heterocycles. The maximum absolute atomic E-state index is 13.4. The van der Waals surface area contributed by atoms with Gasteiger partial charge in [0.25, 0.3) is 0 Å². The molecule has 106 valence electrons. The van der Waals surface area contributed by atoms with Gasteiger partial charge in [0.1, 0.15) is 16.7 Å². The molecule has 1 aromatic carbocycles. The molecule has 0 unspecified atom stereocenters. The largest absolute Gasteiger partial charge is 0.335 e. The van der Waals surface area contributed by atoms with Crippen molar-refractivity contribution >= 4 is 34.7 Å². The lowest BCUT2D eigenvalue weighted by Gasteiger charge is -2.10. The molecular formula is C10H2Cl2F5N3. The minimum absolute atomic E-state index is 0.184. The molecule has 0 fully saturated rings. The number of rotatable bonds is 2. The molecule has 20 heavy (non-hydrogen) atoms. The number of hydrogen-bond acceptors (Lipinski definition) is 3. The fraction of sp³-hybridized carbons (Fsp3) is 0. The van der Waals surface area contributed by atoms with Gasteiger partial charge in [0, 0.05) is 6.07 Å². The smallest absolute Gasteiger partial charge is 0.225 e. The van der Waals surface area contributed by atoms with Crippen molar-refractivity contribution in [3.05, 3.63) is 45.6 Å². The van der Waals surface area contributed by atoms with Crippen molar-refractivity contribution in [1.82, 2.24) is 9.97 Å². The molecule has 0 aliphatic heterocycles. The molecule has 1 N–H and O–H groups in total. The number of nitrogens with one attached hydrogen (secondary N) is 1. The molecule has 3 nitrogen and oxygen atoms in total. The molecule has 10 heteroatoms. The quantitative estimate of drug-likeness (QED) is 0.295. The second-order valence-corrected chi connectivity index (χ2v) is 4.14. The molecule has 0 saturated carbocycles. The van der Waals surface area contributed by atoms with Crippen molar-refractivity contribution in [2.45, 2.75) is 0 Å². The lowest BCUT2D eigenvalue weighted by Crippen LogP contribution is -2.07. The molecule has 1 aromatic heterocycles. The standard InChI is InChI=1S/C10H2Cl2F5N3/c11-2-1-3(20-10(12)18-2)19-9-7(16)5(14)4(13)6(15)8(9)17/h1H,(H,18,19,20). The molecule has 0 atom stereocenters. The van der Waals surface area contributed by atoms with Crippen molar-refractivity contribution in [1.29, 1.82) is 0 Å². The molecule has 2 rings (SSSR count). The number of hydrogen-bond donors (Lipinski definition) is 1. The van der Waals surface area contributed by atoms with Crippen LogP contribution in [0.4, 0.5) is 33.5 Å². The summed E-state index contributed by atoms with van der Waals surface area (Å²) in [7, 11) is 0. The first-order valence-electron chi connectivity index (χ1n) is 4.79. The lowest BCUT2D eigenvalue weighted by molar-refractivity contribution is 0.382. The molecule has 1 heterocycles. The van der Waals surface area contributed by atoms with Crippen molar-refractivity contribution < 1.29 is 22.0 Å². The van der Waals surface area contributed by atoms with E-state index in [0.29, 0.717) is 0 Å². The minimum atomic E-state index is -2.26. The number of aromatic nitrogens is 2. The van der Waals surface area contributed by atoms with E-state index in [4.69, 9.17) is 23.2 Å². The van der Waals surface area contributed by atoms with Crippen molar-refractivity contribution in [3.63, 3.8) is 0 Å². The minimum Gasteiger partial charge on any atom is -0.335 e. The first kappa shape index (κ1) is 14.7. The van der Waals surface area contributed by atoms with Gasteiger partial charge in [0.05, 0.1) is 0 Å². The Balaban J connectivity index is 2.54. The highest BCUT2D eigenvalue weighted by Crippen LogP contribution is 2.29. The third-order valence-corrected chi connectivity index (χ3v) is 2.49. The van der Waals surface area contributed by atoms with Crippen LogP contribution in [-0.4, -0.2) is 9.97 Å². The third kappa shape index (κ3) is 2.61. The number of anilines is 2. The molecule has 0 radical (unpaired) electrons. The van der Waals surface area contributed by atoms with Crippen LogP contribution in [0.15, 0.2) is 6.07 Å². The van der Waals surface area contributed by atoms with E-state index in [1.54, 1.807) is 0 Å². The average molecular weight is 330 g/mol. The van der Waals surface area contributed by atoms with E-state index in [-0.39, 0.29) is 16.3 Å². The number of halogens is 7. The second-order valence-electron chi connectivity index (χ2n) is 3.41. The Morgan fingerprint density at radius 1 is 0.800 bits per heavy atom. The summed E-state index contributed by atoms with van der Waals surface area (Å²) in [5.41, 5.74) is -1.27. The van der Waals surface area contributed by atoms with E-state index >= 15 is 0 Å². The van der Waals surface area contributed by atoms with Gasteiger partial charge in [-0.2, -0.15) is 0 Å². The summed E-state index contributed by atoms with van der Waals surface area (Å²) in [6.45, 7) is 0. The van der Waals surface area contributed by atoms with Crippen LogP contribution in [0.25, 0.3) is 0 Å². The maximum atomic E-state index is 13.4. The SMILES string of the molecule is Fc1c(F)c(F)c(Nc2cc(Cl)nc(Cl)n2)c(F)c1F. The predicted molar refractivity (Wildman–Crippen MR) is 61.6 cm³/mol. The van der Waals surface area contributed by atoms with E-state index in [1.165, 1.54) is 0 Å². The lowest BCUT2D eigenvalue weighted by atomic mass is 10.2. The molecule has 0 aliphatic rings. The molecule has 0 spiro atoms. The van der Waals surface area contributed by atoms with Crippen LogP contribution in [0.1, 0.15) is 0 Å². The molecule has 0 aliphatic carbocycles. The number of nitrogens with zero attached hydrogens (tertiary/aromatic N) is 2. The van der Waals surface area contributed by atoms with Gasteiger partial charge >= 0.3 is 0 Å². The van der Waals surface area contributed by atoms with Gasteiger partial charge < -0.3 is 5.32 Å². The average Bonchev–Trinajstić information content (AvgIpc) is 2.38. The van der Waals surface area contributed by atoms with Crippen LogP contribution in [0.2, 0.25) is 10.4 Å². The van der Waals surface area contributed by atoms with Gasteiger partial charge in [-0.05, 0) is 11.6 Å². The van der Waals surface area contributed by atoms with Crippen molar-refractivity contribution in [2.75, 3.05) is 5.32 Å². The van der Waals surface area contributed by atoms with Gasteiger partial charge in [0.2, 0.25) is 11.1 Å². The zero-order valence-electron chi connectivity index (χ0n) is 9.12. The van der Waals surface area contributed by atoms with Gasteiger partial charge in [-0.15, -0.1) is 0 Å². The monoisotopic (exact) mass is 329 g/mol. The van der Waals surface area contributed by atoms with Gasteiger partial charge in [-0.3, -0.25) is 0 Å². The third-order valence-electron chi connectivity index (χ3n) is 2.13. The second kappa shape index (κ2) is 5.37. The fourth-order valence-electron chi connectivity index (χ4n) is 1.30. The highest BCUT2D eigenvalue weighted by atomic mass is 35.5. The Bertz CT molecular complexity index is 646. The first-order valence-corrected chi connectivity index (χ1v) is 5.55. The van der Waals surface area contributed by atoms with E-state index in [9.17, 15) is 22.0 Å². The zero-order chi connectivity index (χ0) is 15.0. The van der Waals surface area contributed by atoms with Gasteiger partial charge in [0.15, 0.2) is 23.3 Å². The van der Waals surface area contributed by atoms with Crippen LogP contribution in [0, 0.1) is 29.1 Å². The Morgan fingerprint density at radius 3 is 1.80 bits per heavy atom. The summed E-state index contributed by atoms with van der Waals surface area (Å²) in [5, 5.41) is 1.36. The van der Waals surface area contributed by atoms with E-state index in [0.717, 1.165) is 6.07 Å². The molecular weight excluding hydrogens is 328 g/mol. The van der Waals surface area contributed by atoms with Crippen LogP contribution < -0.4 is 5.32 Å². The van der Waals surface area contributed by atoms with Crippen molar-refractivity contribution in [3.8, 4) is 0 Å². The van der Waals surface area contributed by atoms with Crippen LogP contribution in [0.5, 0.6) is 0 Å².